The van der Waals surface area contributed by atoms with E-state index in [9.17, 15) is 5.26 Å². The molecule has 0 fully saturated rings. The van der Waals surface area contributed by atoms with E-state index < -0.39 is 0 Å². The van der Waals surface area contributed by atoms with Crippen molar-refractivity contribution in [3.05, 3.63) is 96.3 Å². The van der Waals surface area contributed by atoms with E-state index in [2.05, 4.69) is 16.0 Å². The fourth-order valence-corrected chi connectivity index (χ4v) is 2.87. The summed E-state index contributed by atoms with van der Waals surface area (Å²) < 4.78 is 6.06. The monoisotopic (exact) mass is 349 g/mol. The normalized spacial score (nSPS) is 10.8. The third-order valence-corrected chi connectivity index (χ3v) is 4.12. The molecule has 0 saturated carbocycles. The molecular formula is C23H15N3O. The second-order valence-corrected chi connectivity index (χ2v) is 5.87. The van der Waals surface area contributed by atoms with Gasteiger partial charge in [0.15, 0.2) is 0 Å². The second kappa shape index (κ2) is 7.51. The topological polar surface area (TPSA) is 62.2 Å². The first-order valence-corrected chi connectivity index (χ1v) is 8.48. The highest BCUT2D eigenvalue weighted by atomic mass is 16.4. The van der Waals surface area contributed by atoms with Crippen LogP contribution in [-0.4, -0.2) is 11.2 Å². The number of aliphatic imine (C=N–C) groups is 1. The van der Waals surface area contributed by atoms with Gasteiger partial charge in [0.1, 0.15) is 17.4 Å². The van der Waals surface area contributed by atoms with Gasteiger partial charge in [-0.3, -0.25) is 4.98 Å². The molecule has 0 aliphatic carbocycles. The van der Waals surface area contributed by atoms with E-state index in [0.717, 1.165) is 22.3 Å². The minimum atomic E-state index is 0.291. The Morgan fingerprint density at radius 1 is 0.889 bits per heavy atom. The number of furan rings is 1. The first-order valence-electron chi connectivity index (χ1n) is 8.48. The van der Waals surface area contributed by atoms with Crippen molar-refractivity contribution in [2.45, 2.75) is 0 Å². The molecule has 2 heterocycles. The first-order chi connectivity index (χ1) is 13.4. The molecule has 0 aliphatic rings. The van der Waals surface area contributed by atoms with Crippen LogP contribution in [0, 0.1) is 11.3 Å². The Balaban J connectivity index is 1.90. The van der Waals surface area contributed by atoms with Gasteiger partial charge in [-0.2, -0.15) is 5.26 Å². The van der Waals surface area contributed by atoms with Crippen molar-refractivity contribution in [2.75, 3.05) is 0 Å². The van der Waals surface area contributed by atoms with Gasteiger partial charge in [0.2, 0.25) is 5.88 Å². The van der Waals surface area contributed by atoms with E-state index in [1.54, 1.807) is 18.6 Å². The molecule has 0 spiro atoms. The Bertz CT molecular complexity index is 1110. The van der Waals surface area contributed by atoms with Crippen LogP contribution < -0.4 is 0 Å². The van der Waals surface area contributed by atoms with Crippen LogP contribution in [0.15, 0.2) is 94.6 Å². The van der Waals surface area contributed by atoms with Gasteiger partial charge in [0.25, 0.3) is 0 Å². The van der Waals surface area contributed by atoms with Crippen molar-refractivity contribution in [1.29, 1.82) is 5.26 Å². The Hall–Kier alpha value is -3.97. The lowest BCUT2D eigenvalue weighted by Crippen LogP contribution is -1.83. The fourth-order valence-electron chi connectivity index (χ4n) is 2.87. The van der Waals surface area contributed by atoms with Crippen molar-refractivity contribution < 1.29 is 4.42 Å². The molecule has 0 bridgehead atoms. The van der Waals surface area contributed by atoms with E-state index in [0.29, 0.717) is 17.2 Å². The molecule has 128 valence electrons. The highest BCUT2D eigenvalue weighted by Gasteiger charge is 2.22. The summed E-state index contributed by atoms with van der Waals surface area (Å²) in [6, 6.07) is 25.5. The van der Waals surface area contributed by atoms with Gasteiger partial charge in [-0.1, -0.05) is 66.7 Å². The number of hydrogen-bond acceptors (Lipinski definition) is 4. The lowest BCUT2D eigenvalue weighted by Gasteiger charge is -2.03. The fraction of sp³-hybridized carbons (Fsp3) is 0. The molecule has 4 heteroatoms. The average Bonchev–Trinajstić information content (AvgIpc) is 3.13. The maximum atomic E-state index is 9.82. The summed E-state index contributed by atoms with van der Waals surface area (Å²) in [5.41, 5.74) is 3.82. The van der Waals surface area contributed by atoms with Gasteiger partial charge in [-0.05, 0) is 11.6 Å². The number of nitrogens with zero attached hydrogens (tertiary/aromatic N) is 3. The number of benzene rings is 2. The number of rotatable bonds is 4. The van der Waals surface area contributed by atoms with Gasteiger partial charge in [-0.25, -0.2) is 4.99 Å². The highest BCUT2D eigenvalue weighted by molar-refractivity contribution is 5.89. The molecule has 27 heavy (non-hydrogen) atoms. The van der Waals surface area contributed by atoms with E-state index in [-0.39, 0.29) is 0 Å². The van der Waals surface area contributed by atoms with Crippen LogP contribution in [0.1, 0.15) is 11.1 Å². The summed E-state index contributed by atoms with van der Waals surface area (Å²) in [5.74, 6) is 0.927. The van der Waals surface area contributed by atoms with Crippen molar-refractivity contribution in [3.63, 3.8) is 0 Å². The lowest BCUT2D eigenvalue weighted by molar-refractivity contribution is 0.593. The predicted molar refractivity (Wildman–Crippen MR) is 106 cm³/mol. The van der Waals surface area contributed by atoms with E-state index in [1.165, 1.54) is 0 Å². The van der Waals surface area contributed by atoms with Crippen LogP contribution >= 0.6 is 0 Å². The molecule has 2 aromatic carbocycles. The standard InChI is InChI=1S/C23H15N3O/c24-14-20-21(18-9-3-1-4-10-18)22(19-11-5-2-6-12-19)27-23(20)26-16-17-8-7-13-25-15-17/h1-13,15-16H/b26-16+. The van der Waals surface area contributed by atoms with Gasteiger partial charge in [0.05, 0.1) is 0 Å². The largest absolute Gasteiger partial charge is 0.436 e. The summed E-state index contributed by atoms with van der Waals surface area (Å²) in [6.07, 6.45) is 5.05. The minimum Gasteiger partial charge on any atom is -0.436 e. The quantitative estimate of drug-likeness (QED) is 0.448. The van der Waals surface area contributed by atoms with Crippen LogP contribution in [0.3, 0.4) is 0 Å². The van der Waals surface area contributed by atoms with Gasteiger partial charge >= 0.3 is 0 Å². The van der Waals surface area contributed by atoms with E-state index in [4.69, 9.17) is 4.42 Å². The number of nitriles is 1. The summed E-state index contributed by atoms with van der Waals surface area (Å²) in [6.45, 7) is 0. The molecule has 0 radical (unpaired) electrons. The smallest absolute Gasteiger partial charge is 0.238 e. The molecule has 0 aliphatic heterocycles. The molecule has 0 N–H and O–H groups in total. The predicted octanol–water partition coefficient (Wildman–Crippen LogP) is 5.63. The molecule has 4 rings (SSSR count). The third-order valence-electron chi connectivity index (χ3n) is 4.12. The summed E-state index contributed by atoms with van der Waals surface area (Å²) in [7, 11) is 0. The van der Waals surface area contributed by atoms with Crippen molar-refractivity contribution in [3.8, 4) is 28.5 Å². The van der Waals surface area contributed by atoms with Crippen molar-refractivity contribution >= 4 is 12.1 Å². The Morgan fingerprint density at radius 2 is 1.59 bits per heavy atom. The molecule has 2 aromatic heterocycles. The molecule has 0 atom stereocenters. The minimum absolute atomic E-state index is 0.291. The average molecular weight is 349 g/mol. The highest BCUT2D eigenvalue weighted by Crippen LogP contribution is 2.42. The van der Waals surface area contributed by atoms with Crippen LogP contribution in [0.25, 0.3) is 22.5 Å². The maximum Gasteiger partial charge on any atom is 0.238 e. The third kappa shape index (κ3) is 3.39. The Labute approximate surface area is 157 Å². The SMILES string of the molecule is N#Cc1c(/N=C/c2cccnc2)oc(-c2ccccc2)c1-c1ccccc1. The first kappa shape index (κ1) is 16.5. The summed E-state index contributed by atoms with van der Waals surface area (Å²) >= 11 is 0. The van der Waals surface area contributed by atoms with Crippen molar-refractivity contribution in [2.24, 2.45) is 4.99 Å². The second-order valence-electron chi connectivity index (χ2n) is 5.87. The van der Waals surface area contributed by atoms with Gasteiger partial charge in [-0.15, -0.1) is 0 Å². The molecular weight excluding hydrogens is 334 g/mol. The zero-order chi connectivity index (χ0) is 18.5. The lowest BCUT2D eigenvalue weighted by atomic mass is 9.98. The zero-order valence-electron chi connectivity index (χ0n) is 14.4. The van der Waals surface area contributed by atoms with Crippen LogP contribution in [0.5, 0.6) is 0 Å². The number of pyridine rings is 1. The zero-order valence-corrected chi connectivity index (χ0v) is 14.4. The van der Waals surface area contributed by atoms with Crippen LogP contribution in [0.4, 0.5) is 5.88 Å². The molecule has 0 amide bonds. The molecule has 0 unspecified atom stereocenters. The molecule has 0 saturated heterocycles. The number of aromatic nitrogens is 1. The van der Waals surface area contributed by atoms with Gasteiger partial charge in [0, 0.05) is 35.3 Å². The van der Waals surface area contributed by atoms with Crippen LogP contribution in [0.2, 0.25) is 0 Å². The van der Waals surface area contributed by atoms with Gasteiger partial charge < -0.3 is 4.42 Å². The van der Waals surface area contributed by atoms with E-state index >= 15 is 0 Å². The molecule has 4 nitrogen and oxygen atoms in total. The summed E-state index contributed by atoms with van der Waals surface area (Å²) in [4.78, 5) is 8.50. The molecule has 4 aromatic rings. The van der Waals surface area contributed by atoms with Crippen molar-refractivity contribution in [1.82, 2.24) is 4.98 Å². The Kier molecular flexibility index (Phi) is 4.59. The van der Waals surface area contributed by atoms with E-state index in [1.807, 2.05) is 72.8 Å². The van der Waals surface area contributed by atoms with Crippen LogP contribution in [-0.2, 0) is 0 Å². The maximum absolute atomic E-state index is 9.82. The number of hydrogen-bond donors (Lipinski definition) is 0. The Morgan fingerprint density at radius 3 is 2.22 bits per heavy atom. The summed E-state index contributed by atoms with van der Waals surface area (Å²) in [5, 5.41) is 9.82.